The Hall–Kier alpha value is -1.10. The molecule has 20 heavy (non-hydrogen) atoms. The molecule has 1 amide bonds. The van der Waals surface area contributed by atoms with Gasteiger partial charge in [0, 0.05) is 26.0 Å². The van der Waals surface area contributed by atoms with Crippen LogP contribution in [0.25, 0.3) is 0 Å². The van der Waals surface area contributed by atoms with E-state index in [1.54, 1.807) is 0 Å². The minimum atomic E-state index is -0.747. The van der Waals surface area contributed by atoms with Crippen molar-refractivity contribution in [3.63, 3.8) is 0 Å². The van der Waals surface area contributed by atoms with Crippen LogP contribution in [0, 0.1) is 5.92 Å². The number of hydrogen-bond acceptors (Lipinski definition) is 3. The van der Waals surface area contributed by atoms with Gasteiger partial charge in [0.25, 0.3) is 0 Å². The van der Waals surface area contributed by atoms with Crippen LogP contribution in [-0.4, -0.2) is 36.7 Å². The predicted octanol–water partition coefficient (Wildman–Crippen LogP) is 2.59. The molecule has 0 rings (SSSR count). The lowest BCUT2D eigenvalue weighted by Crippen LogP contribution is -2.27. The predicted molar refractivity (Wildman–Crippen MR) is 78.6 cm³/mol. The lowest BCUT2D eigenvalue weighted by Gasteiger charge is -2.15. The molecule has 5 nitrogen and oxygen atoms in total. The number of carbonyl (C=O) groups is 2. The first kappa shape index (κ1) is 18.9. The van der Waals surface area contributed by atoms with Crippen LogP contribution in [0.4, 0.5) is 0 Å². The minimum Gasteiger partial charge on any atom is -0.481 e. The Morgan fingerprint density at radius 2 is 1.80 bits per heavy atom. The SMILES string of the molecule is CCCOCCC(=O)NCCC(CCC)CCC(=O)O. The Labute approximate surface area is 122 Å². The largest absolute Gasteiger partial charge is 0.481 e. The Balaban J connectivity index is 3.69. The zero-order valence-electron chi connectivity index (χ0n) is 12.8. The monoisotopic (exact) mass is 287 g/mol. The Kier molecular flexibility index (Phi) is 12.2. The minimum absolute atomic E-state index is 0.00888. The van der Waals surface area contributed by atoms with E-state index in [0.29, 0.717) is 38.5 Å². The van der Waals surface area contributed by atoms with Crippen LogP contribution in [0.3, 0.4) is 0 Å². The van der Waals surface area contributed by atoms with Gasteiger partial charge in [-0.1, -0.05) is 26.7 Å². The Morgan fingerprint density at radius 1 is 1.05 bits per heavy atom. The molecule has 2 N–H and O–H groups in total. The van der Waals surface area contributed by atoms with Crippen molar-refractivity contribution in [2.75, 3.05) is 19.8 Å². The molecule has 0 radical (unpaired) electrons. The van der Waals surface area contributed by atoms with Gasteiger partial charge in [-0.05, 0) is 25.2 Å². The van der Waals surface area contributed by atoms with Crippen LogP contribution < -0.4 is 5.32 Å². The van der Waals surface area contributed by atoms with Crippen molar-refractivity contribution in [2.45, 2.75) is 58.8 Å². The average Bonchev–Trinajstić information content (AvgIpc) is 2.41. The first-order valence-electron chi connectivity index (χ1n) is 7.66. The quantitative estimate of drug-likeness (QED) is 0.511. The highest BCUT2D eigenvalue weighted by atomic mass is 16.5. The van der Waals surface area contributed by atoms with E-state index in [1.165, 1.54) is 0 Å². The van der Waals surface area contributed by atoms with Crippen molar-refractivity contribution < 1.29 is 19.4 Å². The van der Waals surface area contributed by atoms with Crippen LogP contribution in [0.2, 0.25) is 0 Å². The number of ether oxygens (including phenoxy) is 1. The molecule has 1 unspecified atom stereocenters. The van der Waals surface area contributed by atoms with Crippen LogP contribution >= 0.6 is 0 Å². The number of rotatable bonds is 13. The summed E-state index contributed by atoms with van der Waals surface area (Å²) in [6.07, 6.45) is 5.17. The van der Waals surface area contributed by atoms with Gasteiger partial charge in [-0.3, -0.25) is 9.59 Å². The molecular weight excluding hydrogens is 258 g/mol. The number of carboxylic acid groups (broad SMARTS) is 1. The van der Waals surface area contributed by atoms with E-state index in [0.717, 1.165) is 25.7 Å². The normalized spacial score (nSPS) is 12.1. The van der Waals surface area contributed by atoms with Gasteiger partial charge in [0.05, 0.1) is 6.61 Å². The molecular formula is C15H29NO4. The maximum Gasteiger partial charge on any atom is 0.303 e. The molecule has 0 aliphatic carbocycles. The Morgan fingerprint density at radius 3 is 2.40 bits per heavy atom. The molecule has 0 spiro atoms. The molecule has 1 atom stereocenters. The van der Waals surface area contributed by atoms with Gasteiger partial charge in [0.15, 0.2) is 0 Å². The summed E-state index contributed by atoms with van der Waals surface area (Å²) >= 11 is 0. The highest BCUT2D eigenvalue weighted by Gasteiger charge is 2.10. The number of aliphatic carboxylic acids is 1. The molecule has 0 aromatic heterocycles. The third kappa shape index (κ3) is 12.0. The second kappa shape index (κ2) is 12.9. The number of amides is 1. The average molecular weight is 287 g/mol. The van der Waals surface area contributed by atoms with Crippen molar-refractivity contribution in [2.24, 2.45) is 5.92 Å². The van der Waals surface area contributed by atoms with Crippen molar-refractivity contribution in [1.82, 2.24) is 5.32 Å². The fourth-order valence-corrected chi connectivity index (χ4v) is 2.08. The van der Waals surface area contributed by atoms with Crippen molar-refractivity contribution in [1.29, 1.82) is 0 Å². The number of hydrogen-bond donors (Lipinski definition) is 2. The molecule has 0 aliphatic heterocycles. The summed E-state index contributed by atoms with van der Waals surface area (Å²) in [5.41, 5.74) is 0. The van der Waals surface area contributed by atoms with Crippen LogP contribution in [0.15, 0.2) is 0 Å². The second-order valence-corrected chi connectivity index (χ2v) is 5.09. The molecule has 0 aromatic rings. The van der Waals surface area contributed by atoms with Gasteiger partial charge in [-0.2, -0.15) is 0 Å². The topological polar surface area (TPSA) is 75.6 Å². The maximum atomic E-state index is 11.5. The van der Waals surface area contributed by atoms with Crippen LogP contribution in [-0.2, 0) is 14.3 Å². The molecule has 0 saturated heterocycles. The molecule has 5 heteroatoms. The van der Waals surface area contributed by atoms with E-state index < -0.39 is 5.97 Å². The van der Waals surface area contributed by atoms with Crippen LogP contribution in [0.5, 0.6) is 0 Å². The zero-order chi connectivity index (χ0) is 15.2. The third-order valence-electron chi connectivity index (χ3n) is 3.16. The maximum absolute atomic E-state index is 11.5. The van der Waals surface area contributed by atoms with Crippen molar-refractivity contribution in [3.8, 4) is 0 Å². The summed E-state index contributed by atoms with van der Waals surface area (Å²) in [7, 11) is 0. The second-order valence-electron chi connectivity index (χ2n) is 5.09. The number of carboxylic acids is 1. The van der Waals surface area contributed by atoms with E-state index in [1.807, 2.05) is 6.92 Å². The summed E-state index contributed by atoms with van der Waals surface area (Å²) in [6, 6.07) is 0. The molecule has 0 aliphatic rings. The summed E-state index contributed by atoms with van der Waals surface area (Å²) < 4.78 is 5.26. The molecule has 0 fully saturated rings. The van der Waals surface area contributed by atoms with Crippen molar-refractivity contribution >= 4 is 11.9 Å². The fourth-order valence-electron chi connectivity index (χ4n) is 2.08. The number of nitrogens with one attached hydrogen (secondary N) is 1. The van der Waals surface area contributed by atoms with Gasteiger partial charge < -0.3 is 15.2 Å². The fraction of sp³-hybridized carbons (Fsp3) is 0.867. The van der Waals surface area contributed by atoms with Gasteiger partial charge in [0.1, 0.15) is 0 Å². The lowest BCUT2D eigenvalue weighted by atomic mass is 9.94. The van der Waals surface area contributed by atoms with Crippen LogP contribution in [0.1, 0.15) is 58.8 Å². The van der Waals surface area contributed by atoms with E-state index in [4.69, 9.17) is 9.84 Å². The smallest absolute Gasteiger partial charge is 0.303 e. The van der Waals surface area contributed by atoms with Gasteiger partial charge in [-0.15, -0.1) is 0 Å². The van der Waals surface area contributed by atoms with E-state index >= 15 is 0 Å². The van der Waals surface area contributed by atoms with E-state index in [9.17, 15) is 9.59 Å². The molecule has 0 aromatic carbocycles. The first-order chi connectivity index (χ1) is 9.60. The summed E-state index contributed by atoms with van der Waals surface area (Å²) in [6.45, 7) is 5.91. The molecule has 0 heterocycles. The Bertz CT molecular complexity index is 269. The highest BCUT2D eigenvalue weighted by Crippen LogP contribution is 2.17. The standard InChI is InChI=1S/C15H29NO4/c1-3-5-13(6-7-15(18)19)8-10-16-14(17)9-12-20-11-4-2/h13H,3-12H2,1-2H3,(H,16,17)(H,18,19). The zero-order valence-corrected chi connectivity index (χ0v) is 12.8. The van der Waals surface area contributed by atoms with Crippen molar-refractivity contribution in [3.05, 3.63) is 0 Å². The summed E-state index contributed by atoms with van der Waals surface area (Å²) in [4.78, 5) is 22.1. The number of carbonyl (C=O) groups excluding carboxylic acids is 1. The first-order valence-corrected chi connectivity index (χ1v) is 7.66. The highest BCUT2D eigenvalue weighted by molar-refractivity contribution is 5.75. The van der Waals surface area contributed by atoms with E-state index in [2.05, 4.69) is 12.2 Å². The molecule has 0 bridgehead atoms. The van der Waals surface area contributed by atoms with Gasteiger partial charge in [0.2, 0.25) is 5.91 Å². The molecule has 0 saturated carbocycles. The summed E-state index contributed by atoms with van der Waals surface area (Å²) in [5, 5.41) is 11.6. The molecule has 118 valence electrons. The van der Waals surface area contributed by atoms with E-state index in [-0.39, 0.29) is 12.3 Å². The van der Waals surface area contributed by atoms with Gasteiger partial charge >= 0.3 is 5.97 Å². The summed E-state index contributed by atoms with van der Waals surface area (Å²) in [5.74, 6) is -0.356. The third-order valence-corrected chi connectivity index (χ3v) is 3.16. The van der Waals surface area contributed by atoms with Gasteiger partial charge in [-0.25, -0.2) is 0 Å². The lowest BCUT2D eigenvalue weighted by molar-refractivity contribution is -0.137.